The van der Waals surface area contributed by atoms with E-state index >= 15 is 0 Å². The normalized spacial score (nSPS) is 20.6. The first-order valence-electron chi connectivity index (χ1n) is 13.5. The molecule has 0 saturated carbocycles. The van der Waals surface area contributed by atoms with Crippen LogP contribution in [0.3, 0.4) is 0 Å². The molecule has 1 fully saturated rings. The fraction of sp³-hybridized carbons (Fsp3) is 0.586. The Labute approximate surface area is 235 Å². The summed E-state index contributed by atoms with van der Waals surface area (Å²) in [6.45, 7) is 20.7. The van der Waals surface area contributed by atoms with Crippen LogP contribution in [0.15, 0.2) is 59.5 Å². The van der Waals surface area contributed by atoms with Crippen LogP contribution >= 0.6 is 11.6 Å². The lowest BCUT2D eigenvalue weighted by atomic mass is 9.99. The summed E-state index contributed by atoms with van der Waals surface area (Å²) < 4.78 is 0. The zero-order valence-corrected chi connectivity index (χ0v) is 25.0. The number of rotatable bonds is 12. The molecule has 3 atom stereocenters. The van der Waals surface area contributed by atoms with E-state index in [0.29, 0.717) is 29.2 Å². The highest BCUT2D eigenvalue weighted by atomic mass is 35.5. The van der Waals surface area contributed by atoms with Gasteiger partial charge < -0.3 is 21.1 Å². The number of nitrogens with zero attached hydrogens (tertiary/aromatic N) is 2. The second-order valence-corrected chi connectivity index (χ2v) is 9.58. The summed E-state index contributed by atoms with van der Waals surface area (Å²) in [7, 11) is 1.57. The van der Waals surface area contributed by atoms with Gasteiger partial charge in [0.1, 0.15) is 11.9 Å². The molecule has 0 aromatic heterocycles. The second-order valence-electron chi connectivity index (χ2n) is 9.14. The van der Waals surface area contributed by atoms with E-state index < -0.39 is 0 Å². The van der Waals surface area contributed by atoms with E-state index in [-0.39, 0.29) is 17.8 Å². The SMILES string of the molecule is C=C(C)CCCC(CCNC=O)N1CCN(C2NC=C(C(=O)NC)C=C2O)CC1C.C=C/C(Cl)=C\C.CC. The zero-order valence-electron chi connectivity index (χ0n) is 24.2. The topological polar surface area (TPSA) is 96.9 Å². The van der Waals surface area contributed by atoms with Crippen LogP contribution in [0.4, 0.5) is 0 Å². The van der Waals surface area contributed by atoms with Crippen LogP contribution in [0.2, 0.25) is 0 Å². The van der Waals surface area contributed by atoms with Crippen LogP contribution < -0.4 is 16.0 Å². The van der Waals surface area contributed by atoms with Crippen molar-refractivity contribution in [2.24, 2.45) is 0 Å². The molecule has 4 N–H and O–H groups in total. The highest BCUT2D eigenvalue weighted by molar-refractivity contribution is 6.31. The molecule has 1 saturated heterocycles. The van der Waals surface area contributed by atoms with Crippen LogP contribution in [0, 0.1) is 0 Å². The summed E-state index contributed by atoms with van der Waals surface area (Å²) in [5.41, 5.74) is 1.62. The highest BCUT2D eigenvalue weighted by Crippen LogP contribution is 2.23. The molecule has 0 radical (unpaired) electrons. The van der Waals surface area contributed by atoms with Gasteiger partial charge in [-0.25, -0.2) is 0 Å². The third kappa shape index (κ3) is 12.8. The molecule has 0 aromatic rings. The van der Waals surface area contributed by atoms with Gasteiger partial charge in [-0.2, -0.15) is 0 Å². The van der Waals surface area contributed by atoms with Crippen LogP contribution in [0.5, 0.6) is 0 Å². The van der Waals surface area contributed by atoms with Gasteiger partial charge in [0.25, 0.3) is 5.91 Å². The van der Waals surface area contributed by atoms with Crippen molar-refractivity contribution in [2.45, 2.75) is 78.6 Å². The number of dihydropyridines is 1. The van der Waals surface area contributed by atoms with Crippen molar-refractivity contribution in [3.05, 3.63) is 59.5 Å². The molecule has 216 valence electrons. The molecule has 8 nitrogen and oxygen atoms in total. The van der Waals surface area contributed by atoms with E-state index in [4.69, 9.17) is 11.6 Å². The molecule has 38 heavy (non-hydrogen) atoms. The average Bonchev–Trinajstić information content (AvgIpc) is 2.92. The Balaban J connectivity index is 0.00000150. The largest absolute Gasteiger partial charge is 0.509 e. The molecule has 9 heteroatoms. The highest BCUT2D eigenvalue weighted by Gasteiger charge is 2.34. The summed E-state index contributed by atoms with van der Waals surface area (Å²) in [5.74, 6) is -0.0721. The summed E-state index contributed by atoms with van der Waals surface area (Å²) in [4.78, 5) is 27.2. The maximum Gasteiger partial charge on any atom is 0.252 e. The van der Waals surface area contributed by atoms with Crippen molar-refractivity contribution in [3.8, 4) is 0 Å². The number of piperazine rings is 1. The second kappa shape index (κ2) is 20.4. The Morgan fingerprint density at radius 1 is 1.34 bits per heavy atom. The third-order valence-electron chi connectivity index (χ3n) is 6.33. The van der Waals surface area contributed by atoms with Gasteiger partial charge in [0.05, 0.1) is 5.57 Å². The van der Waals surface area contributed by atoms with Crippen molar-refractivity contribution in [1.82, 2.24) is 25.8 Å². The predicted molar refractivity (Wildman–Crippen MR) is 160 cm³/mol. The van der Waals surface area contributed by atoms with Gasteiger partial charge in [0.15, 0.2) is 0 Å². The van der Waals surface area contributed by atoms with Crippen molar-refractivity contribution < 1.29 is 14.7 Å². The number of carbonyl (C=O) groups is 2. The van der Waals surface area contributed by atoms with E-state index in [0.717, 1.165) is 51.7 Å². The van der Waals surface area contributed by atoms with Gasteiger partial charge in [-0.15, -0.1) is 6.58 Å². The lowest BCUT2D eigenvalue weighted by Gasteiger charge is -2.46. The molecule has 0 bridgehead atoms. The average molecular weight is 552 g/mol. The molecule has 0 spiro atoms. The first-order valence-corrected chi connectivity index (χ1v) is 13.9. The Morgan fingerprint density at radius 3 is 2.50 bits per heavy atom. The maximum atomic E-state index is 11.8. The number of halogens is 1. The summed E-state index contributed by atoms with van der Waals surface area (Å²) in [6.07, 6.45) is 11.1. The Kier molecular flexibility index (Phi) is 19.0. The van der Waals surface area contributed by atoms with E-state index in [9.17, 15) is 14.7 Å². The minimum atomic E-state index is -0.318. The molecule has 2 heterocycles. The summed E-state index contributed by atoms with van der Waals surface area (Å²) in [5, 5.41) is 19.7. The first kappa shape index (κ1) is 35.5. The molecule has 2 aliphatic rings. The van der Waals surface area contributed by atoms with Crippen LogP contribution in [0.1, 0.15) is 60.3 Å². The molecular formula is C29H50ClN5O3. The number of nitrogens with one attached hydrogen (secondary N) is 3. The van der Waals surface area contributed by atoms with Gasteiger partial charge in [0, 0.05) is 56.5 Å². The number of carbonyl (C=O) groups excluding carboxylic acids is 2. The molecular weight excluding hydrogens is 502 g/mol. The van der Waals surface area contributed by atoms with Gasteiger partial charge >= 0.3 is 0 Å². The molecule has 2 amide bonds. The number of likely N-dealkylation sites (N-methyl/N-ethyl adjacent to an activating group) is 1. The number of hydrogen-bond donors (Lipinski definition) is 4. The Morgan fingerprint density at radius 2 is 2.03 bits per heavy atom. The zero-order chi connectivity index (χ0) is 29.1. The summed E-state index contributed by atoms with van der Waals surface area (Å²) >= 11 is 5.39. The summed E-state index contributed by atoms with van der Waals surface area (Å²) in [6, 6.07) is 0.709. The number of allylic oxidation sites excluding steroid dienone is 4. The van der Waals surface area contributed by atoms with E-state index in [2.05, 4.69) is 52.8 Å². The van der Waals surface area contributed by atoms with Crippen molar-refractivity contribution in [3.63, 3.8) is 0 Å². The van der Waals surface area contributed by atoms with Crippen molar-refractivity contribution in [2.75, 3.05) is 33.2 Å². The van der Waals surface area contributed by atoms with E-state index in [1.165, 1.54) is 11.6 Å². The van der Waals surface area contributed by atoms with Gasteiger partial charge in [0.2, 0.25) is 6.41 Å². The van der Waals surface area contributed by atoms with Crippen molar-refractivity contribution >= 4 is 23.9 Å². The fourth-order valence-corrected chi connectivity index (χ4v) is 4.42. The fourth-order valence-electron chi connectivity index (χ4n) is 4.42. The minimum absolute atomic E-state index is 0.157. The van der Waals surface area contributed by atoms with E-state index in [1.807, 2.05) is 20.8 Å². The Bertz CT molecular complexity index is 840. The number of aliphatic hydroxyl groups excluding tert-OH is 1. The van der Waals surface area contributed by atoms with Crippen molar-refractivity contribution in [1.29, 1.82) is 0 Å². The molecule has 0 aromatic carbocycles. The molecule has 2 rings (SSSR count). The molecule has 3 unspecified atom stereocenters. The number of aliphatic hydroxyl groups is 1. The standard InChI is InChI=1S/C22H37N5O3.C5H7Cl.C2H6/c1-16(2)6-5-7-19(8-9-24-15-28)27-11-10-26(14-17(27)3)21-20(29)12-18(13-25-21)22(30)23-4;1-3-5(6)4-2;1-2/h12-13,15,17,19,21,25,29H,1,5-11,14H2,2-4H3,(H,23,30)(H,24,28);3-4H,1H2,2H3;1-2H3/b;5-4+;. The first-order chi connectivity index (χ1) is 18.2. The molecule has 0 aliphatic carbocycles. The van der Waals surface area contributed by atoms with E-state index in [1.54, 1.807) is 25.4 Å². The number of amides is 2. The minimum Gasteiger partial charge on any atom is -0.509 e. The van der Waals surface area contributed by atoms with Gasteiger partial charge in [-0.05, 0) is 52.5 Å². The van der Waals surface area contributed by atoms with Crippen LogP contribution in [0.25, 0.3) is 0 Å². The maximum absolute atomic E-state index is 11.8. The lowest BCUT2D eigenvalue weighted by molar-refractivity contribution is -0.116. The third-order valence-corrected chi connectivity index (χ3v) is 6.70. The molecule has 2 aliphatic heterocycles. The van der Waals surface area contributed by atoms with Gasteiger partial charge in [-0.3, -0.25) is 19.4 Å². The lowest BCUT2D eigenvalue weighted by Crippen LogP contribution is -2.60. The van der Waals surface area contributed by atoms with Crippen LogP contribution in [-0.4, -0.2) is 78.7 Å². The van der Waals surface area contributed by atoms with Crippen LogP contribution in [-0.2, 0) is 9.59 Å². The quantitative estimate of drug-likeness (QED) is 0.123. The monoisotopic (exact) mass is 551 g/mol. The number of hydrogen-bond acceptors (Lipinski definition) is 6. The Hall–Kier alpha value is -2.55. The predicted octanol–water partition coefficient (Wildman–Crippen LogP) is 4.59. The van der Waals surface area contributed by atoms with Gasteiger partial charge in [-0.1, -0.05) is 49.8 Å². The smallest absolute Gasteiger partial charge is 0.252 e.